The highest BCUT2D eigenvalue weighted by molar-refractivity contribution is 5.81. The summed E-state index contributed by atoms with van der Waals surface area (Å²) in [6.45, 7) is 0. The molecular formula is C21H13F3N4O. The van der Waals surface area contributed by atoms with Gasteiger partial charge in [0.1, 0.15) is 0 Å². The fraction of sp³-hybridized carbons (Fsp3) is 0.0476. The van der Waals surface area contributed by atoms with Crippen LogP contribution in [0.25, 0.3) is 22.3 Å². The van der Waals surface area contributed by atoms with Gasteiger partial charge in [-0.05, 0) is 36.4 Å². The van der Waals surface area contributed by atoms with Crippen LogP contribution < -0.4 is 5.56 Å². The van der Waals surface area contributed by atoms with Crippen molar-refractivity contribution in [3.8, 4) is 11.4 Å². The maximum absolute atomic E-state index is 13.2. The number of fused-ring (bicyclic) bond motifs is 1. The minimum atomic E-state index is -4.52. The first-order valence-corrected chi connectivity index (χ1v) is 8.58. The standard InChI is InChI=1S/C21H13F3N4O/c22-21(23,24)15-7-5-6-14(12-15)19-27-18-10-2-1-9-17(18)20(29)28(19)26-13-16-8-3-4-11-25-16/h1-13H. The van der Waals surface area contributed by atoms with Crippen molar-refractivity contribution in [2.45, 2.75) is 6.18 Å². The number of rotatable bonds is 3. The van der Waals surface area contributed by atoms with Gasteiger partial charge in [-0.25, -0.2) is 4.98 Å². The van der Waals surface area contributed by atoms with E-state index in [0.29, 0.717) is 16.6 Å². The monoisotopic (exact) mass is 394 g/mol. The van der Waals surface area contributed by atoms with Gasteiger partial charge < -0.3 is 0 Å². The van der Waals surface area contributed by atoms with Gasteiger partial charge in [-0.3, -0.25) is 9.78 Å². The van der Waals surface area contributed by atoms with Gasteiger partial charge >= 0.3 is 6.18 Å². The summed E-state index contributed by atoms with van der Waals surface area (Å²) in [5.41, 5.74) is -0.342. The van der Waals surface area contributed by atoms with Gasteiger partial charge in [0.15, 0.2) is 5.82 Å². The quantitative estimate of drug-likeness (QED) is 0.485. The van der Waals surface area contributed by atoms with Gasteiger partial charge in [-0.1, -0.05) is 30.3 Å². The highest BCUT2D eigenvalue weighted by atomic mass is 19.4. The van der Waals surface area contributed by atoms with Gasteiger partial charge in [0.2, 0.25) is 0 Å². The highest BCUT2D eigenvalue weighted by Crippen LogP contribution is 2.31. The lowest BCUT2D eigenvalue weighted by Gasteiger charge is -2.12. The topological polar surface area (TPSA) is 60.1 Å². The van der Waals surface area contributed by atoms with Gasteiger partial charge in [-0.2, -0.15) is 22.9 Å². The minimum absolute atomic E-state index is 0.00646. The number of benzene rings is 2. The molecule has 0 atom stereocenters. The second-order valence-electron chi connectivity index (χ2n) is 6.15. The molecule has 2 heterocycles. The second-order valence-corrected chi connectivity index (χ2v) is 6.15. The molecule has 2 aromatic carbocycles. The molecule has 0 N–H and O–H groups in total. The number of hydrogen-bond donors (Lipinski definition) is 0. The number of para-hydroxylation sites is 1. The summed E-state index contributed by atoms with van der Waals surface area (Å²) in [6, 6.07) is 16.4. The van der Waals surface area contributed by atoms with Crippen LogP contribution in [0.1, 0.15) is 11.3 Å². The Balaban J connectivity index is 1.95. The van der Waals surface area contributed by atoms with E-state index < -0.39 is 17.3 Å². The Morgan fingerprint density at radius 2 is 1.76 bits per heavy atom. The van der Waals surface area contributed by atoms with E-state index in [1.165, 1.54) is 18.3 Å². The van der Waals surface area contributed by atoms with Crippen LogP contribution in [-0.4, -0.2) is 20.9 Å². The molecule has 0 saturated carbocycles. The zero-order chi connectivity index (χ0) is 20.4. The fourth-order valence-electron chi connectivity index (χ4n) is 2.82. The van der Waals surface area contributed by atoms with E-state index in [9.17, 15) is 18.0 Å². The summed E-state index contributed by atoms with van der Waals surface area (Å²) >= 11 is 0. The highest BCUT2D eigenvalue weighted by Gasteiger charge is 2.30. The third kappa shape index (κ3) is 3.77. The average molecular weight is 394 g/mol. The zero-order valence-electron chi connectivity index (χ0n) is 14.8. The maximum Gasteiger partial charge on any atom is 0.416 e. The molecule has 29 heavy (non-hydrogen) atoms. The van der Waals surface area contributed by atoms with Crippen LogP contribution >= 0.6 is 0 Å². The molecule has 4 rings (SSSR count). The summed E-state index contributed by atoms with van der Waals surface area (Å²) < 4.78 is 40.5. The number of hydrogen-bond acceptors (Lipinski definition) is 4. The van der Waals surface area contributed by atoms with Gasteiger partial charge in [0.25, 0.3) is 5.56 Å². The molecule has 0 saturated heterocycles. The normalized spacial score (nSPS) is 12.0. The summed E-state index contributed by atoms with van der Waals surface area (Å²) in [5.74, 6) is 0.00646. The Bertz CT molecular complexity index is 1260. The van der Waals surface area contributed by atoms with Crippen molar-refractivity contribution in [1.82, 2.24) is 14.6 Å². The molecule has 0 bridgehead atoms. The van der Waals surface area contributed by atoms with E-state index in [1.807, 2.05) is 0 Å². The number of nitrogens with zero attached hydrogens (tertiary/aromatic N) is 4. The lowest BCUT2D eigenvalue weighted by atomic mass is 10.1. The largest absolute Gasteiger partial charge is 0.416 e. The van der Waals surface area contributed by atoms with Crippen LogP contribution in [0.5, 0.6) is 0 Å². The summed E-state index contributed by atoms with van der Waals surface area (Å²) in [4.78, 5) is 21.5. The summed E-state index contributed by atoms with van der Waals surface area (Å²) in [7, 11) is 0. The molecule has 0 aliphatic carbocycles. The third-order valence-electron chi connectivity index (χ3n) is 4.20. The van der Waals surface area contributed by atoms with Crippen LogP contribution in [0.15, 0.2) is 82.8 Å². The predicted octanol–water partition coefficient (Wildman–Crippen LogP) is 4.36. The third-order valence-corrected chi connectivity index (χ3v) is 4.20. The Morgan fingerprint density at radius 1 is 0.966 bits per heavy atom. The fourth-order valence-corrected chi connectivity index (χ4v) is 2.82. The molecule has 144 valence electrons. The smallest absolute Gasteiger partial charge is 0.267 e. The van der Waals surface area contributed by atoms with E-state index in [0.717, 1.165) is 16.8 Å². The maximum atomic E-state index is 13.2. The Kier molecular flexibility index (Phi) is 4.67. The molecule has 8 heteroatoms. The molecule has 0 fully saturated rings. The first kappa shape index (κ1) is 18.5. The van der Waals surface area contributed by atoms with E-state index in [2.05, 4.69) is 15.1 Å². The molecule has 2 aromatic heterocycles. The van der Waals surface area contributed by atoms with Crippen LogP contribution in [-0.2, 0) is 6.18 Å². The van der Waals surface area contributed by atoms with E-state index in [-0.39, 0.29) is 11.4 Å². The van der Waals surface area contributed by atoms with Gasteiger partial charge in [0.05, 0.1) is 28.4 Å². The molecule has 5 nitrogen and oxygen atoms in total. The first-order chi connectivity index (χ1) is 13.9. The van der Waals surface area contributed by atoms with Crippen molar-refractivity contribution in [2.24, 2.45) is 5.10 Å². The van der Waals surface area contributed by atoms with E-state index >= 15 is 0 Å². The number of aromatic nitrogens is 3. The van der Waals surface area contributed by atoms with Crippen molar-refractivity contribution >= 4 is 17.1 Å². The van der Waals surface area contributed by atoms with Gasteiger partial charge in [0, 0.05) is 11.8 Å². The van der Waals surface area contributed by atoms with Crippen LogP contribution in [0.4, 0.5) is 13.2 Å². The van der Waals surface area contributed by atoms with Crippen LogP contribution in [0.3, 0.4) is 0 Å². The van der Waals surface area contributed by atoms with Crippen molar-refractivity contribution in [3.05, 3.63) is 94.5 Å². The van der Waals surface area contributed by atoms with Crippen LogP contribution in [0.2, 0.25) is 0 Å². The molecule has 0 unspecified atom stereocenters. The molecule has 4 aromatic rings. The lowest BCUT2D eigenvalue weighted by Crippen LogP contribution is -2.20. The van der Waals surface area contributed by atoms with Crippen molar-refractivity contribution in [3.63, 3.8) is 0 Å². The molecule has 0 spiro atoms. The Labute approximate surface area is 162 Å². The molecular weight excluding hydrogens is 381 g/mol. The molecule has 0 aliphatic heterocycles. The summed E-state index contributed by atoms with van der Waals surface area (Å²) in [6.07, 6.45) is -1.60. The second kappa shape index (κ2) is 7.31. The van der Waals surface area contributed by atoms with Crippen molar-refractivity contribution in [2.75, 3.05) is 0 Å². The first-order valence-electron chi connectivity index (χ1n) is 8.58. The van der Waals surface area contributed by atoms with Crippen molar-refractivity contribution < 1.29 is 13.2 Å². The predicted molar refractivity (Wildman–Crippen MR) is 104 cm³/mol. The Morgan fingerprint density at radius 3 is 2.52 bits per heavy atom. The molecule has 0 amide bonds. The summed E-state index contributed by atoms with van der Waals surface area (Å²) in [5, 5.41) is 4.47. The number of halogens is 3. The lowest BCUT2D eigenvalue weighted by molar-refractivity contribution is -0.137. The average Bonchev–Trinajstić information content (AvgIpc) is 2.73. The molecule has 0 aliphatic rings. The van der Waals surface area contributed by atoms with Crippen LogP contribution in [0, 0.1) is 0 Å². The SMILES string of the molecule is O=c1c2ccccc2nc(-c2cccc(C(F)(F)F)c2)n1N=Cc1ccccn1. The zero-order valence-corrected chi connectivity index (χ0v) is 14.8. The van der Waals surface area contributed by atoms with E-state index in [1.54, 1.807) is 48.7 Å². The Hall–Kier alpha value is -3.81. The van der Waals surface area contributed by atoms with E-state index in [4.69, 9.17) is 0 Å². The van der Waals surface area contributed by atoms with Gasteiger partial charge in [-0.15, -0.1) is 0 Å². The number of alkyl halides is 3. The minimum Gasteiger partial charge on any atom is -0.267 e. The molecule has 0 radical (unpaired) electrons. The van der Waals surface area contributed by atoms with Crippen molar-refractivity contribution in [1.29, 1.82) is 0 Å². The number of pyridine rings is 1.